The average Bonchev–Trinajstić information content (AvgIpc) is 2.93. The van der Waals surface area contributed by atoms with Crippen molar-refractivity contribution in [1.29, 1.82) is 0 Å². The predicted octanol–water partition coefficient (Wildman–Crippen LogP) is 1.66. The van der Waals surface area contributed by atoms with Crippen molar-refractivity contribution in [1.82, 2.24) is 0 Å². The smallest absolute Gasteiger partial charge is 0.313 e. The molecule has 1 aromatic rings. The van der Waals surface area contributed by atoms with Gasteiger partial charge in [0.25, 0.3) is 5.69 Å². The molecule has 0 saturated heterocycles. The number of terminal acetylenes is 1. The highest BCUT2D eigenvalue weighted by Gasteiger charge is 2.08. The van der Waals surface area contributed by atoms with Crippen LogP contribution in [0.2, 0.25) is 0 Å². The first kappa shape index (κ1) is 34.4. The van der Waals surface area contributed by atoms with E-state index in [9.17, 15) is 14.9 Å². The summed E-state index contributed by atoms with van der Waals surface area (Å²) in [5.74, 6) is 2.14. The van der Waals surface area contributed by atoms with Gasteiger partial charge < -0.3 is 42.6 Å². The van der Waals surface area contributed by atoms with Crippen LogP contribution in [0.25, 0.3) is 0 Å². The Balaban J connectivity index is 1.74. The molecule has 0 saturated carbocycles. The second-order valence-electron chi connectivity index (χ2n) is 7.52. The second kappa shape index (κ2) is 25.6. The highest BCUT2D eigenvalue weighted by molar-refractivity contribution is 5.72. The maximum absolute atomic E-state index is 11.7. The topological polar surface area (TPSA) is 143 Å². The van der Waals surface area contributed by atoms with E-state index in [0.29, 0.717) is 99.1 Å². The Kier molecular flexibility index (Phi) is 22.6. The molecular formula is C26H39NO12. The SMILES string of the molecule is C#CCOCCOCCOCCOCCOCCOCCOCCOCCC(=O)Oc1ccc([N+](=O)[O-])cc1. The summed E-state index contributed by atoms with van der Waals surface area (Å²) in [5.41, 5.74) is -0.0740. The van der Waals surface area contributed by atoms with Gasteiger partial charge in [-0.2, -0.15) is 0 Å². The molecular weight excluding hydrogens is 518 g/mol. The Hall–Kier alpha value is -2.67. The van der Waals surface area contributed by atoms with E-state index in [4.69, 9.17) is 49.1 Å². The standard InChI is InChI=1S/C26H39NO12/c1-2-8-31-10-12-33-14-16-35-18-20-37-22-23-38-21-19-36-17-15-34-13-11-32-9-7-26(28)39-25-5-3-24(4-6-25)27(29)30/h1,3-6H,7-23H2. The molecule has 1 aromatic carbocycles. The van der Waals surface area contributed by atoms with Crippen molar-refractivity contribution in [2.75, 3.05) is 106 Å². The van der Waals surface area contributed by atoms with E-state index < -0.39 is 10.9 Å². The van der Waals surface area contributed by atoms with Gasteiger partial charge in [0.15, 0.2) is 0 Å². The first-order chi connectivity index (χ1) is 19.1. The molecule has 0 spiro atoms. The Bertz CT molecular complexity index is 784. The first-order valence-corrected chi connectivity index (χ1v) is 12.6. The molecule has 0 unspecified atom stereocenters. The summed E-state index contributed by atoms with van der Waals surface area (Å²) in [6.45, 7) is 6.80. The number of carbonyl (C=O) groups excluding carboxylic acids is 1. The summed E-state index contributed by atoms with van der Waals surface area (Å²) in [4.78, 5) is 21.8. The lowest BCUT2D eigenvalue weighted by Gasteiger charge is -2.08. The van der Waals surface area contributed by atoms with Crippen LogP contribution in [0.3, 0.4) is 0 Å². The Morgan fingerprint density at radius 3 is 1.36 bits per heavy atom. The summed E-state index contributed by atoms with van der Waals surface area (Å²) >= 11 is 0. The Labute approximate surface area is 229 Å². The van der Waals surface area contributed by atoms with Crippen LogP contribution < -0.4 is 4.74 Å². The minimum absolute atomic E-state index is 0.0555. The van der Waals surface area contributed by atoms with Crippen LogP contribution in [0.5, 0.6) is 5.75 Å². The van der Waals surface area contributed by atoms with Crippen LogP contribution in [0.15, 0.2) is 24.3 Å². The van der Waals surface area contributed by atoms with Crippen LogP contribution in [0, 0.1) is 22.5 Å². The number of hydrogen-bond donors (Lipinski definition) is 0. The fraction of sp³-hybridized carbons (Fsp3) is 0.654. The highest BCUT2D eigenvalue weighted by Crippen LogP contribution is 2.17. The predicted molar refractivity (Wildman–Crippen MR) is 139 cm³/mol. The molecule has 0 fully saturated rings. The van der Waals surface area contributed by atoms with Crippen LogP contribution >= 0.6 is 0 Å². The van der Waals surface area contributed by atoms with E-state index in [0.717, 1.165) is 0 Å². The van der Waals surface area contributed by atoms with Gasteiger partial charge in [0.2, 0.25) is 0 Å². The molecule has 0 aliphatic heterocycles. The molecule has 0 aliphatic carbocycles. The van der Waals surface area contributed by atoms with E-state index in [-0.39, 0.29) is 24.5 Å². The van der Waals surface area contributed by atoms with Crippen molar-refractivity contribution in [3.8, 4) is 18.1 Å². The molecule has 220 valence electrons. The summed E-state index contributed by atoms with van der Waals surface area (Å²) in [6.07, 6.45) is 5.12. The molecule has 1 rings (SSSR count). The van der Waals surface area contributed by atoms with Crippen molar-refractivity contribution < 1.29 is 52.3 Å². The van der Waals surface area contributed by atoms with Crippen LogP contribution in [0.4, 0.5) is 5.69 Å². The summed E-state index contributed by atoms with van der Waals surface area (Å²) < 4.78 is 47.8. The zero-order valence-electron chi connectivity index (χ0n) is 22.3. The maximum Gasteiger partial charge on any atom is 0.313 e. The number of non-ortho nitro benzene ring substituents is 1. The van der Waals surface area contributed by atoms with Gasteiger partial charge in [0, 0.05) is 12.1 Å². The van der Waals surface area contributed by atoms with E-state index in [1.165, 1.54) is 24.3 Å². The number of hydrogen-bond acceptors (Lipinski definition) is 12. The Morgan fingerprint density at radius 2 is 1.00 bits per heavy atom. The van der Waals surface area contributed by atoms with Gasteiger partial charge in [-0.05, 0) is 12.1 Å². The third kappa shape index (κ3) is 21.9. The third-order valence-corrected chi connectivity index (χ3v) is 4.52. The minimum atomic E-state index is -0.524. The highest BCUT2D eigenvalue weighted by atomic mass is 16.6. The molecule has 0 N–H and O–H groups in total. The van der Waals surface area contributed by atoms with Crippen molar-refractivity contribution >= 4 is 11.7 Å². The zero-order valence-corrected chi connectivity index (χ0v) is 22.3. The number of benzene rings is 1. The van der Waals surface area contributed by atoms with Crippen LogP contribution in [0.1, 0.15) is 6.42 Å². The number of nitrogens with zero attached hydrogens (tertiary/aromatic N) is 1. The number of nitro benzene ring substituents is 1. The number of ether oxygens (including phenoxy) is 9. The largest absolute Gasteiger partial charge is 0.426 e. The number of esters is 1. The van der Waals surface area contributed by atoms with E-state index in [1.807, 2.05) is 0 Å². The molecule has 0 bridgehead atoms. The summed E-state index contributed by atoms with van der Waals surface area (Å²) in [6, 6.07) is 5.28. The molecule has 0 aliphatic rings. The molecule has 0 radical (unpaired) electrons. The van der Waals surface area contributed by atoms with Gasteiger partial charge in [-0.3, -0.25) is 14.9 Å². The van der Waals surface area contributed by atoms with Crippen LogP contribution in [-0.4, -0.2) is 117 Å². The molecule has 39 heavy (non-hydrogen) atoms. The molecule has 13 nitrogen and oxygen atoms in total. The van der Waals surface area contributed by atoms with E-state index in [1.54, 1.807) is 0 Å². The normalized spacial score (nSPS) is 10.8. The van der Waals surface area contributed by atoms with Gasteiger partial charge in [-0.15, -0.1) is 6.42 Å². The number of rotatable bonds is 27. The zero-order chi connectivity index (χ0) is 28.2. The molecule has 0 atom stereocenters. The van der Waals surface area contributed by atoms with Crippen molar-refractivity contribution in [3.63, 3.8) is 0 Å². The minimum Gasteiger partial charge on any atom is -0.426 e. The monoisotopic (exact) mass is 557 g/mol. The molecule has 13 heteroatoms. The maximum atomic E-state index is 11.7. The average molecular weight is 558 g/mol. The lowest BCUT2D eigenvalue weighted by molar-refractivity contribution is -0.384. The fourth-order valence-corrected chi connectivity index (χ4v) is 2.64. The lowest BCUT2D eigenvalue weighted by atomic mass is 10.3. The lowest BCUT2D eigenvalue weighted by Crippen LogP contribution is -2.15. The summed E-state index contributed by atoms with van der Waals surface area (Å²) in [7, 11) is 0. The first-order valence-electron chi connectivity index (χ1n) is 12.6. The van der Waals surface area contributed by atoms with Gasteiger partial charge in [-0.25, -0.2) is 0 Å². The van der Waals surface area contributed by atoms with E-state index in [2.05, 4.69) is 5.92 Å². The fourth-order valence-electron chi connectivity index (χ4n) is 2.64. The molecule has 0 aromatic heterocycles. The van der Waals surface area contributed by atoms with Crippen molar-refractivity contribution in [2.45, 2.75) is 6.42 Å². The number of nitro groups is 1. The van der Waals surface area contributed by atoms with Gasteiger partial charge >= 0.3 is 5.97 Å². The molecule has 0 heterocycles. The summed E-state index contributed by atoms with van der Waals surface area (Å²) in [5, 5.41) is 10.6. The van der Waals surface area contributed by atoms with E-state index >= 15 is 0 Å². The number of carbonyl (C=O) groups is 1. The second-order valence-corrected chi connectivity index (χ2v) is 7.52. The van der Waals surface area contributed by atoms with Crippen molar-refractivity contribution in [3.05, 3.63) is 34.4 Å². The van der Waals surface area contributed by atoms with Gasteiger partial charge in [0.05, 0.1) is 110 Å². The van der Waals surface area contributed by atoms with Crippen molar-refractivity contribution in [2.24, 2.45) is 0 Å². The van der Waals surface area contributed by atoms with Crippen LogP contribution in [-0.2, 0) is 42.7 Å². The quantitative estimate of drug-likeness (QED) is 0.0387. The third-order valence-electron chi connectivity index (χ3n) is 4.52. The Morgan fingerprint density at radius 1 is 0.641 bits per heavy atom. The molecule has 0 amide bonds. The van der Waals surface area contributed by atoms with Gasteiger partial charge in [-0.1, -0.05) is 5.92 Å². The van der Waals surface area contributed by atoms with Gasteiger partial charge in [0.1, 0.15) is 12.4 Å².